The molecule has 1 saturated carbocycles. The molecular formula is C14H20N2O3. The second kappa shape index (κ2) is 5.93. The maximum absolute atomic E-state index is 11.9. The average Bonchev–Trinajstić information content (AvgIpc) is 3.22. The first-order valence-electron chi connectivity index (χ1n) is 6.43. The molecule has 2 rings (SSSR count). The summed E-state index contributed by atoms with van der Waals surface area (Å²) in [6.07, 6.45) is 2.35. The summed E-state index contributed by atoms with van der Waals surface area (Å²) >= 11 is 0. The van der Waals surface area contributed by atoms with Gasteiger partial charge in [-0.05, 0) is 30.5 Å². The van der Waals surface area contributed by atoms with E-state index < -0.39 is 0 Å². The third-order valence-electron chi connectivity index (χ3n) is 3.21. The molecule has 0 aliphatic heterocycles. The van der Waals surface area contributed by atoms with Gasteiger partial charge < -0.3 is 20.1 Å². The number of amides is 1. The van der Waals surface area contributed by atoms with Crippen molar-refractivity contribution < 1.29 is 14.6 Å². The van der Waals surface area contributed by atoms with Gasteiger partial charge in [0.05, 0.1) is 13.7 Å². The van der Waals surface area contributed by atoms with Crippen LogP contribution in [-0.4, -0.2) is 42.7 Å². The Hall–Kier alpha value is -1.75. The number of rotatable bonds is 6. The number of likely N-dealkylation sites (N-methyl/N-ethyl adjacent to an activating group) is 1. The van der Waals surface area contributed by atoms with Crippen LogP contribution in [0.2, 0.25) is 0 Å². The Labute approximate surface area is 113 Å². The smallest absolute Gasteiger partial charge is 0.236 e. The van der Waals surface area contributed by atoms with Crippen LogP contribution < -0.4 is 10.1 Å². The highest BCUT2D eigenvalue weighted by atomic mass is 16.5. The lowest BCUT2D eigenvalue weighted by Gasteiger charge is -2.18. The predicted molar refractivity (Wildman–Crippen MR) is 72.2 cm³/mol. The van der Waals surface area contributed by atoms with Crippen LogP contribution in [0.4, 0.5) is 0 Å². The molecule has 1 aromatic carbocycles. The van der Waals surface area contributed by atoms with Crippen molar-refractivity contribution >= 4 is 5.91 Å². The van der Waals surface area contributed by atoms with Gasteiger partial charge in [0.15, 0.2) is 11.5 Å². The molecule has 0 aromatic heterocycles. The van der Waals surface area contributed by atoms with Crippen molar-refractivity contribution in [1.29, 1.82) is 0 Å². The topological polar surface area (TPSA) is 61.8 Å². The Balaban J connectivity index is 1.89. The van der Waals surface area contributed by atoms with Gasteiger partial charge in [-0.1, -0.05) is 6.07 Å². The van der Waals surface area contributed by atoms with Crippen LogP contribution in [0.1, 0.15) is 18.4 Å². The zero-order valence-corrected chi connectivity index (χ0v) is 11.3. The molecule has 1 fully saturated rings. The van der Waals surface area contributed by atoms with E-state index in [0.29, 0.717) is 24.9 Å². The van der Waals surface area contributed by atoms with E-state index in [-0.39, 0.29) is 11.7 Å². The SMILES string of the molecule is COc1cc(CN(C)C(=O)CNC2CC2)ccc1O. The van der Waals surface area contributed by atoms with Gasteiger partial charge in [0, 0.05) is 19.6 Å². The molecule has 1 aromatic rings. The number of phenols is 1. The third kappa shape index (κ3) is 3.86. The molecule has 0 bridgehead atoms. The zero-order valence-electron chi connectivity index (χ0n) is 11.3. The molecule has 19 heavy (non-hydrogen) atoms. The minimum absolute atomic E-state index is 0.0685. The lowest BCUT2D eigenvalue weighted by atomic mass is 10.2. The molecule has 5 heteroatoms. The quantitative estimate of drug-likeness (QED) is 0.808. The van der Waals surface area contributed by atoms with E-state index in [9.17, 15) is 9.90 Å². The minimum Gasteiger partial charge on any atom is -0.504 e. The number of hydrogen-bond donors (Lipinski definition) is 2. The molecule has 1 aliphatic rings. The number of hydrogen-bond acceptors (Lipinski definition) is 4. The molecule has 0 saturated heterocycles. The molecule has 2 N–H and O–H groups in total. The molecule has 0 radical (unpaired) electrons. The van der Waals surface area contributed by atoms with Gasteiger partial charge in [-0.25, -0.2) is 0 Å². The van der Waals surface area contributed by atoms with Gasteiger partial charge in [-0.15, -0.1) is 0 Å². The molecule has 0 heterocycles. The zero-order chi connectivity index (χ0) is 13.8. The lowest BCUT2D eigenvalue weighted by molar-refractivity contribution is -0.129. The normalized spacial score (nSPS) is 14.2. The molecular weight excluding hydrogens is 244 g/mol. The van der Waals surface area contributed by atoms with Crippen LogP contribution >= 0.6 is 0 Å². The van der Waals surface area contributed by atoms with Crippen LogP contribution in [0.3, 0.4) is 0 Å². The van der Waals surface area contributed by atoms with Crippen LogP contribution in [0.15, 0.2) is 18.2 Å². The summed E-state index contributed by atoms with van der Waals surface area (Å²) in [4.78, 5) is 13.6. The Bertz CT molecular complexity index is 458. The van der Waals surface area contributed by atoms with Crippen molar-refractivity contribution in [1.82, 2.24) is 10.2 Å². The largest absolute Gasteiger partial charge is 0.504 e. The number of carbonyl (C=O) groups excluding carboxylic acids is 1. The van der Waals surface area contributed by atoms with Gasteiger partial charge in [-0.3, -0.25) is 4.79 Å². The first-order chi connectivity index (χ1) is 9.10. The summed E-state index contributed by atoms with van der Waals surface area (Å²) < 4.78 is 5.05. The van der Waals surface area contributed by atoms with E-state index in [1.54, 1.807) is 30.1 Å². The highest BCUT2D eigenvalue weighted by Crippen LogP contribution is 2.26. The van der Waals surface area contributed by atoms with Crippen molar-refractivity contribution in [2.75, 3.05) is 20.7 Å². The third-order valence-corrected chi connectivity index (χ3v) is 3.21. The fraction of sp³-hybridized carbons (Fsp3) is 0.500. The second-order valence-corrected chi connectivity index (χ2v) is 4.91. The monoisotopic (exact) mass is 264 g/mol. The van der Waals surface area contributed by atoms with Crippen molar-refractivity contribution in [3.8, 4) is 11.5 Å². The van der Waals surface area contributed by atoms with Crippen LogP contribution in [0.25, 0.3) is 0 Å². The maximum Gasteiger partial charge on any atom is 0.236 e. The number of carbonyl (C=O) groups is 1. The van der Waals surface area contributed by atoms with E-state index >= 15 is 0 Å². The Morgan fingerprint density at radius 3 is 2.89 bits per heavy atom. The predicted octanol–water partition coefficient (Wildman–Crippen LogP) is 1.11. The fourth-order valence-electron chi connectivity index (χ4n) is 1.84. The van der Waals surface area contributed by atoms with Crippen molar-refractivity contribution in [2.24, 2.45) is 0 Å². The first-order valence-corrected chi connectivity index (χ1v) is 6.43. The van der Waals surface area contributed by atoms with E-state index in [4.69, 9.17) is 4.74 Å². The summed E-state index contributed by atoms with van der Waals surface area (Å²) in [6.45, 7) is 0.887. The Morgan fingerprint density at radius 2 is 2.26 bits per heavy atom. The van der Waals surface area contributed by atoms with Crippen LogP contribution in [0.5, 0.6) is 11.5 Å². The minimum atomic E-state index is 0.0685. The average molecular weight is 264 g/mol. The number of aromatic hydroxyl groups is 1. The molecule has 1 aliphatic carbocycles. The van der Waals surface area contributed by atoms with Gasteiger partial charge in [0.1, 0.15) is 0 Å². The van der Waals surface area contributed by atoms with Crippen molar-refractivity contribution in [3.63, 3.8) is 0 Å². The van der Waals surface area contributed by atoms with Gasteiger partial charge in [0.25, 0.3) is 0 Å². The maximum atomic E-state index is 11.9. The molecule has 104 valence electrons. The Kier molecular flexibility index (Phi) is 4.27. The second-order valence-electron chi connectivity index (χ2n) is 4.91. The van der Waals surface area contributed by atoms with E-state index in [1.807, 2.05) is 0 Å². The van der Waals surface area contributed by atoms with E-state index in [2.05, 4.69) is 5.32 Å². The summed E-state index contributed by atoms with van der Waals surface area (Å²) in [6, 6.07) is 5.64. The lowest BCUT2D eigenvalue weighted by Crippen LogP contribution is -2.35. The number of ether oxygens (including phenoxy) is 1. The molecule has 0 unspecified atom stereocenters. The standard InChI is InChI=1S/C14H20N2O3/c1-16(14(18)8-15-11-4-5-11)9-10-3-6-12(17)13(7-10)19-2/h3,6-7,11,15,17H,4-5,8-9H2,1-2H3. The molecule has 0 atom stereocenters. The van der Waals surface area contributed by atoms with Crippen LogP contribution in [-0.2, 0) is 11.3 Å². The summed E-state index contributed by atoms with van der Waals surface area (Å²) in [5.74, 6) is 0.601. The number of methoxy groups -OCH3 is 1. The van der Waals surface area contributed by atoms with E-state index in [0.717, 1.165) is 5.56 Å². The number of phenolic OH excluding ortho intramolecular Hbond substituents is 1. The van der Waals surface area contributed by atoms with Gasteiger partial charge in [0.2, 0.25) is 5.91 Å². The summed E-state index contributed by atoms with van der Waals surface area (Å²) in [5, 5.41) is 12.7. The highest BCUT2D eigenvalue weighted by molar-refractivity contribution is 5.78. The van der Waals surface area contributed by atoms with Crippen molar-refractivity contribution in [2.45, 2.75) is 25.4 Å². The number of nitrogens with one attached hydrogen (secondary N) is 1. The first kappa shape index (κ1) is 13.7. The number of nitrogens with zero attached hydrogens (tertiary/aromatic N) is 1. The van der Waals surface area contributed by atoms with Crippen molar-refractivity contribution in [3.05, 3.63) is 23.8 Å². The number of benzene rings is 1. The van der Waals surface area contributed by atoms with Gasteiger partial charge in [-0.2, -0.15) is 0 Å². The van der Waals surface area contributed by atoms with E-state index in [1.165, 1.54) is 20.0 Å². The molecule has 0 spiro atoms. The summed E-state index contributed by atoms with van der Waals surface area (Å²) in [5.41, 5.74) is 0.928. The summed E-state index contributed by atoms with van der Waals surface area (Å²) in [7, 11) is 3.28. The Morgan fingerprint density at radius 1 is 1.53 bits per heavy atom. The molecule has 1 amide bonds. The highest BCUT2D eigenvalue weighted by Gasteiger charge is 2.22. The fourth-order valence-corrected chi connectivity index (χ4v) is 1.84. The molecule has 5 nitrogen and oxygen atoms in total. The van der Waals surface area contributed by atoms with Crippen LogP contribution in [0, 0.1) is 0 Å². The van der Waals surface area contributed by atoms with Gasteiger partial charge >= 0.3 is 0 Å².